The van der Waals surface area contributed by atoms with Crippen LogP contribution >= 0.6 is 0 Å². The van der Waals surface area contributed by atoms with Crippen LogP contribution in [0.15, 0.2) is 24.3 Å². The van der Waals surface area contributed by atoms with Gasteiger partial charge < -0.3 is 42.1 Å². The predicted octanol–water partition coefficient (Wildman–Crippen LogP) is 4.07. The van der Waals surface area contributed by atoms with Gasteiger partial charge in [-0.25, -0.2) is 9.59 Å². The lowest BCUT2D eigenvalue weighted by Crippen LogP contribution is -2.68. The molecule has 0 aliphatic carbocycles. The first-order valence-corrected chi connectivity index (χ1v) is 18.1. The third kappa shape index (κ3) is 11.6. The van der Waals surface area contributed by atoms with Crippen molar-refractivity contribution in [2.75, 3.05) is 62.4 Å². The smallest absolute Gasteiger partial charge is 0.462 e. The standard InChI is InChI=1S/C18H35NO5Si.C10H20O5Si/c1-15(2)17(20)24-13-6-9-16-10-7-14-25(22-4,23-5)18(16,21-3)11-8-12-19;1-9(2)10(11)15-7-6-8-16(12-3,13-4)14-5/h16H,1,6-14,19H2,2-5H3;1,6-8H2,2-5H3. The number of carbonyl (C=O) groups excluding carboxylic acids is 2. The molecule has 0 aromatic carbocycles. The molecular weight excluding hydrogens is 566 g/mol. The summed E-state index contributed by atoms with van der Waals surface area (Å²) in [5.74, 6) is -0.394. The van der Waals surface area contributed by atoms with Crippen LogP contribution in [0, 0.1) is 5.92 Å². The Morgan fingerprint density at radius 3 is 1.80 bits per heavy atom. The number of esters is 2. The molecule has 1 fully saturated rings. The fourth-order valence-corrected chi connectivity index (χ4v) is 11.1. The normalized spacial score (nSPS) is 20.0. The highest BCUT2D eigenvalue weighted by Crippen LogP contribution is 2.48. The highest BCUT2D eigenvalue weighted by Gasteiger charge is 2.62. The Hall–Kier alpha value is -1.43. The zero-order valence-corrected chi connectivity index (χ0v) is 28.6. The van der Waals surface area contributed by atoms with Gasteiger partial charge in [-0.15, -0.1) is 0 Å². The molecule has 1 rings (SSSR count). The van der Waals surface area contributed by atoms with Gasteiger partial charge in [0, 0.05) is 59.8 Å². The quantitative estimate of drug-likeness (QED) is 0.0968. The lowest BCUT2D eigenvalue weighted by molar-refractivity contribution is -0.140. The molecule has 2 unspecified atom stereocenters. The van der Waals surface area contributed by atoms with Gasteiger partial charge >= 0.3 is 29.3 Å². The van der Waals surface area contributed by atoms with Crippen molar-refractivity contribution >= 4 is 29.3 Å². The molecule has 13 heteroatoms. The van der Waals surface area contributed by atoms with E-state index in [4.69, 9.17) is 42.1 Å². The molecule has 0 radical (unpaired) electrons. The maximum Gasteiger partial charge on any atom is 0.500 e. The number of rotatable bonds is 19. The second-order valence-corrected chi connectivity index (χ2v) is 16.9. The molecule has 2 N–H and O–H groups in total. The van der Waals surface area contributed by atoms with Gasteiger partial charge in [0.1, 0.15) is 5.22 Å². The van der Waals surface area contributed by atoms with E-state index in [1.165, 1.54) is 0 Å². The number of hydrogen-bond acceptors (Lipinski definition) is 11. The van der Waals surface area contributed by atoms with E-state index in [1.54, 1.807) is 56.5 Å². The van der Waals surface area contributed by atoms with E-state index < -0.39 is 22.6 Å². The minimum atomic E-state index is -2.53. The lowest BCUT2D eigenvalue weighted by atomic mass is 9.88. The van der Waals surface area contributed by atoms with Gasteiger partial charge in [0.15, 0.2) is 0 Å². The van der Waals surface area contributed by atoms with Crippen LogP contribution in [0.4, 0.5) is 0 Å². The molecule has 0 amide bonds. The summed E-state index contributed by atoms with van der Waals surface area (Å²) in [6.45, 7) is 11.7. The van der Waals surface area contributed by atoms with Gasteiger partial charge in [0.25, 0.3) is 0 Å². The van der Waals surface area contributed by atoms with Crippen LogP contribution in [-0.4, -0.2) is 96.9 Å². The van der Waals surface area contributed by atoms with Crippen molar-refractivity contribution in [3.63, 3.8) is 0 Å². The molecule has 1 heterocycles. The molecule has 1 aliphatic heterocycles. The zero-order valence-electron chi connectivity index (χ0n) is 26.6. The van der Waals surface area contributed by atoms with Crippen molar-refractivity contribution in [1.29, 1.82) is 0 Å². The number of ether oxygens (including phenoxy) is 3. The molecule has 0 aromatic heterocycles. The van der Waals surface area contributed by atoms with Crippen LogP contribution in [0.3, 0.4) is 0 Å². The Bertz CT molecular complexity index is 796. The van der Waals surface area contributed by atoms with Gasteiger partial charge in [-0.2, -0.15) is 0 Å². The summed E-state index contributed by atoms with van der Waals surface area (Å²) in [5, 5.41) is -0.410. The average molecular weight is 622 g/mol. The zero-order chi connectivity index (χ0) is 31.5. The molecule has 1 aliphatic rings. The van der Waals surface area contributed by atoms with E-state index in [2.05, 4.69) is 13.2 Å². The number of nitrogens with two attached hydrogens (primary N) is 1. The summed E-state index contributed by atoms with van der Waals surface area (Å²) in [4.78, 5) is 22.6. The van der Waals surface area contributed by atoms with Crippen LogP contribution in [0.25, 0.3) is 0 Å². The Labute approximate surface area is 249 Å². The van der Waals surface area contributed by atoms with Crippen molar-refractivity contribution in [3.8, 4) is 0 Å². The SMILES string of the molecule is C=C(C)C(=O)OCCCC1CCC[Si](OC)(OC)C1(CCCN)OC.C=C(C)C(=O)OCCC[Si](OC)(OC)OC. The third-order valence-corrected chi connectivity index (χ3v) is 14.9. The average Bonchev–Trinajstić information content (AvgIpc) is 2.98. The summed E-state index contributed by atoms with van der Waals surface area (Å²) in [6, 6.07) is 1.54. The minimum absolute atomic E-state index is 0.313. The van der Waals surface area contributed by atoms with Crippen LogP contribution in [-0.2, 0) is 45.9 Å². The Kier molecular flexibility index (Phi) is 19.8. The molecule has 0 bridgehead atoms. The molecule has 11 nitrogen and oxygen atoms in total. The van der Waals surface area contributed by atoms with Gasteiger partial charge in [-0.1, -0.05) is 19.6 Å². The summed E-state index contributed by atoms with van der Waals surface area (Å²) in [6.07, 6.45) is 6.17. The molecule has 41 heavy (non-hydrogen) atoms. The van der Waals surface area contributed by atoms with Gasteiger partial charge in [0.2, 0.25) is 0 Å². The predicted molar refractivity (Wildman–Crippen MR) is 162 cm³/mol. The van der Waals surface area contributed by atoms with Crippen molar-refractivity contribution in [2.24, 2.45) is 11.7 Å². The summed E-state index contributed by atoms with van der Waals surface area (Å²) >= 11 is 0. The van der Waals surface area contributed by atoms with E-state index in [0.717, 1.165) is 44.6 Å². The second kappa shape index (κ2) is 20.5. The highest BCUT2D eigenvalue weighted by molar-refractivity contribution is 6.70. The number of carbonyl (C=O) groups is 2. The van der Waals surface area contributed by atoms with Crippen molar-refractivity contribution < 1.29 is 45.9 Å². The fraction of sp³-hybridized carbons (Fsp3) is 0.786. The maximum absolute atomic E-state index is 11.5. The molecule has 2 atom stereocenters. The van der Waals surface area contributed by atoms with Crippen molar-refractivity contribution in [2.45, 2.75) is 76.1 Å². The summed E-state index contributed by atoms with van der Waals surface area (Å²) < 4.78 is 44.0. The maximum atomic E-state index is 11.5. The molecule has 0 spiro atoms. The van der Waals surface area contributed by atoms with Crippen LogP contribution in [0.5, 0.6) is 0 Å². The lowest BCUT2D eigenvalue weighted by Gasteiger charge is -2.52. The Morgan fingerprint density at radius 2 is 1.39 bits per heavy atom. The molecule has 0 aromatic rings. The second-order valence-electron chi connectivity index (χ2n) is 10.1. The third-order valence-electron chi connectivity index (χ3n) is 7.56. The van der Waals surface area contributed by atoms with E-state index in [-0.39, 0.29) is 11.9 Å². The number of methoxy groups -OCH3 is 1. The molecule has 240 valence electrons. The summed E-state index contributed by atoms with van der Waals surface area (Å²) in [5.41, 5.74) is 6.60. The largest absolute Gasteiger partial charge is 0.500 e. The van der Waals surface area contributed by atoms with Gasteiger partial charge in [-0.05, 0) is 70.9 Å². The van der Waals surface area contributed by atoms with Gasteiger partial charge in [0.05, 0.1) is 13.2 Å². The van der Waals surface area contributed by atoms with Crippen LogP contribution < -0.4 is 5.73 Å². The van der Waals surface area contributed by atoms with Crippen molar-refractivity contribution in [1.82, 2.24) is 0 Å². The Morgan fingerprint density at radius 1 is 0.878 bits per heavy atom. The van der Waals surface area contributed by atoms with E-state index in [0.29, 0.717) is 49.3 Å². The van der Waals surface area contributed by atoms with E-state index in [1.807, 2.05) is 0 Å². The Balaban J connectivity index is 0.000000865. The van der Waals surface area contributed by atoms with E-state index in [9.17, 15) is 9.59 Å². The molecule has 1 saturated heterocycles. The van der Waals surface area contributed by atoms with Gasteiger partial charge in [-0.3, -0.25) is 0 Å². The number of hydrogen-bond donors (Lipinski definition) is 1. The van der Waals surface area contributed by atoms with Crippen LogP contribution in [0.1, 0.15) is 58.8 Å². The fourth-order valence-electron chi connectivity index (χ4n) is 5.28. The first kappa shape index (κ1) is 39.6. The monoisotopic (exact) mass is 621 g/mol. The molecule has 0 saturated carbocycles. The summed E-state index contributed by atoms with van der Waals surface area (Å²) in [7, 11) is 4.86. The highest BCUT2D eigenvalue weighted by atomic mass is 28.4. The molecular formula is C28H55NO10Si2. The minimum Gasteiger partial charge on any atom is -0.462 e. The van der Waals surface area contributed by atoms with Crippen LogP contribution in [0.2, 0.25) is 12.1 Å². The first-order valence-electron chi connectivity index (χ1n) is 14.1. The topological polar surface area (TPSA) is 134 Å². The first-order chi connectivity index (χ1) is 19.4. The van der Waals surface area contributed by atoms with Crippen molar-refractivity contribution in [3.05, 3.63) is 24.3 Å². The van der Waals surface area contributed by atoms with E-state index >= 15 is 0 Å².